The molecule has 0 N–H and O–H groups in total. The summed E-state index contributed by atoms with van der Waals surface area (Å²) < 4.78 is 18.7. The standard InChI is InChI=1S/C10H14ClFN2O/c1-14(2)5-6-15-10-9(12)8(7-11)3-4-13-10/h3-4H,5-7H2,1-2H3. The number of likely N-dealkylation sites (N-methyl/N-ethyl adjacent to an activating group) is 1. The van der Waals surface area contributed by atoms with E-state index in [0.717, 1.165) is 0 Å². The van der Waals surface area contributed by atoms with Gasteiger partial charge in [-0.2, -0.15) is 0 Å². The van der Waals surface area contributed by atoms with Crippen molar-refractivity contribution < 1.29 is 9.13 Å². The van der Waals surface area contributed by atoms with Gasteiger partial charge in [0.1, 0.15) is 6.61 Å². The van der Waals surface area contributed by atoms with Crippen molar-refractivity contribution in [2.75, 3.05) is 27.2 Å². The molecule has 0 aliphatic carbocycles. The lowest BCUT2D eigenvalue weighted by Crippen LogP contribution is -2.20. The number of hydrogen-bond donors (Lipinski definition) is 0. The second-order valence-corrected chi connectivity index (χ2v) is 3.64. The van der Waals surface area contributed by atoms with Crippen molar-refractivity contribution in [3.05, 3.63) is 23.6 Å². The zero-order chi connectivity index (χ0) is 11.3. The van der Waals surface area contributed by atoms with Gasteiger partial charge in [-0.1, -0.05) is 0 Å². The minimum atomic E-state index is -0.466. The van der Waals surface area contributed by atoms with Crippen LogP contribution in [0.3, 0.4) is 0 Å². The summed E-state index contributed by atoms with van der Waals surface area (Å²) in [6.07, 6.45) is 1.49. The van der Waals surface area contributed by atoms with Gasteiger partial charge in [0.25, 0.3) is 5.88 Å². The molecule has 1 rings (SSSR count). The van der Waals surface area contributed by atoms with Gasteiger partial charge in [-0.05, 0) is 20.2 Å². The van der Waals surface area contributed by atoms with Crippen LogP contribution in [0.4, 0.5) is 4.39 Å². The van der Waals surface area contributed by atoms with Gasteiger partial charge in [-0.3, -0.25) is 0 Å². The molecule has 3 nitrogen and oxygen atoms in total. The van der Waals surface area contributed by atoms with Crippen LogP contribution >= 0.6 is 11.6 Å². The van der Waals surface area contributed by atoms with E-state index in [4.69, 9.17) is 16.3 Å². The van der Waals surface area contributed by atoms with E-state index in [9.17, 15) is 4.39 Å². The summed E-state index contributed by atoms with van der Waals surface area (Å²) in [5, 5.41) is 0. The Hall–Kier alpha value is -0.870. The minimum Gasteiger partial charge on any atom is -0.474 e. The second kappa shape index (κ2) is 5.88. The highest BCUT2D eigenvalue weighted by Gasteiger charge is 2.09. The number of ether oxygens (including phenoxy) is 1. The lowest BCUT2D eigenvalue weighted by atomic mass is 10.3. The highest BCUT2D eigenvalue weighted by molar-refractivity contribution is 6.17. The van der Waals surface area contributed by atoms with E-state index >= 15 is 0 Å². The molecular formula is C10H14ClFN2O. The van der Waals surface area contributed by atoms with Crippen LogP contribution in [0.25, 0.3) is 0 Å². The van der Waals surface area contributed by atoms with E-state index in [1.54, 1.807) is 6.07 Å². The summed E-state index contributed by atoms with van der Waals surface area (Å²) in [6, 6.07) is 1.54. The van der Waals surface area contributed by atoms with Crippen molar-refractivity contribution in [3.63, 3.8) is 0 Å². The number of nitrogens with zero attached hydrogens (tertiary/aromatic N) is 2. The van der Waals surface area contributed by atoms with Crippen molar-refractivity contribution >= 4 is 11.6 Å². The normalized spacial score (nSPS) is 10.7. The largest absolute Gasteiger partial charge is 0.474 e. The van der Waals surface area contributed by atoms with E-state index in [1.165, 1.54) is 6.20 Å². The first-order valence-corrected chi connectivity index (χ1v) is 5.15. The number of rotatable bonds is 5. The molecule has 0 aliphatic heterocycles. The first-order chi connectivity index (χ1) is 7.15. The van der Waals surface area contributed by atoms with Gasteiger partial charge >= 0.3 is 0 Å². The topological polar surface area (TPSA) is 25.4 Å². The van der Waals surface area contributed by atoms with Crippen LogP contribution in [0.1, 0.15) is 5.56 Å². The van der Waals surface area contributed by atoms with E-state index in [0.29, 0.717) is 18.7 Å². The molecular weight excluding hydrogens is 219 g/mol. The molecule has 0 saturated heterocycles. The second-order valence-electron chi connectivity index (χ2n) is 3.37. The summed E-state index contributed by atoms with van der Waals surface area (Å²) in [4.78, 5) is 5.76. The average Bonchev–Trinajstić information content (AvgIpc) is 2.20. The Balaban J connectivity index is 2.61. The Kier molecular flexibility index (Phi) is 4.78. The maximum atomic E-state index is 13.5. The molecule has 1 aromatic heterocycles. The van der Waals surface area contributed by atoms with E-state index in [-0.39, 0.29) is 11.8 Å². The number of hydrogen-bond acceptors (Lipinski definition) is 3. The molecule has 0 bridgehead atoms. The molecule has 0 aromatic carbocycles. The highest BCUT2D eigenvalue weighted by Crippen LogP contribution is 2.18. The van der Waals surface area contributed by atoms with Crippen molar-refractivity contribution in [2.45, 2.75) is 5.88 Å². The lowest BCUT2D eigenvalue weighted by Gasteiger charge is -2.11. The van der Waals surface area contributed by atoms with Gasteiger partial charge in [0.15, 0.2) is 5.82 Å². The van der Waals surface area contributed by atoms with Gasteiger partial charge in [0.2, 0.25) is 0 Å². The Morgan fingerprint density at radius 2 is 2.27 bits per heavy atom. The molecule has 0 radical (unpaired) electrons. The van der Waals surface area contributed by atoms with Crippen LogP contribution in [-0.2, 0) is 5.88 Å². The van der Waals surface area contributed by atoms with Gasteiger partial charge in [0, 0.05) is 18.3 Å². The molecule has 1 heterocycles. The fraction of sp³-hybridized carbons (Fsp3) is 0.500. The SMILES string of the molecule is CN(C)CCOc1nccc(CCl)c1F. The molecule has 84 valence electrons. The molecule has 1 aromatic rings. The van der Waals surface area contributed by atoms with E-state index in [1.807, 2.05) is 19.0 Å². The smallest absolute Gasteiger partial charge is 0.250 e. The molecule has 0 spiro atoms. The molecule has 0 fully saturated rings. The number of aromatic nitrogens is 1. The summed E-state index contributed by atoms with van der Waals surface area (Å²) in [5.74, 6) is -0.320. The van der Waals surface area contributed by atoms with Gasteiger partial charge in [-0.25, -0.2) is 9.37 Å². The molecule has 5 heteroatoms. The monoisotopic (exact) mass is 232 g/mol. The van der Waals surface area contributed by atoms with Crippen molar-refractivity contribution in [2.24, 2.45) is 0 Å². The fourth-order valence-electron chi connectivity index (χ4n) is 0.991. The summed E-state index contributed by atoms with van der Waals surface area (Å²) in [7, 11) is 3.84. The van der Waals surface area contributed by atoms with Crippen LogP contribution in [0, 0.1) is 5.82 Å². The van der Waals surface area contributed by atoms with Crippen molar-refractivity contribution in [3.8, 4) is 5.88 Å². The van der Waals surface area contributed by atoms with E-state index < -0.39 is 5.82 Å². The summed E-state index contributed by atoms with van der Waals surface area (Å²) in [5.41, 5.74) is 0.409. The average molecular weight is 233 g/mol. The van der Waals surface area contributed by atoms with Gasteiger partial charge < -0.3 is 9.64 Å². The first-order valence-electron chi connectivity index (χ1n) is 4.62. The molecule has 15 heavy (non-hydrogen) atoms. The number of pyridine rings is 1. The lowest BCUT2D eigenvalue weighted by molar-refractivity contribution is 0.243. The van der Waals surface area contributed by atoms with Crippen molar-refractivity contribution in [1.82, 2.24) is 9.88 Å². The molecule has 0 amide bonds. The first kappa shape index (κ1) is 12.2. The summed E-state index contributed by atoms with van der Waals surface area (Å²) >= 11 is 5.56. The predicted molar refractivity (Wildman–Crippen MR) is 57.8 cm³/mol. The van der Waals surface area contributed by atoms with Crippen molar-refractivity contribution in [1.29, 1.82) is 0 Å². The minimum absolute atomic E-state index is 0.0231. The maximum absolute atomic E-state index is 13.5. The van der Waals surface area contributed by atoms with Crippen LogP contribution in [0.5, 0.6) is 5.88 Å². The Morgan fingerprint density at radius 1 is 1.53 bits per heavy atom. The molecule has 0 aliphatic rings. The molecule has 0 unspecified atom stereocenters. The highest BCUT2D eigenvalue weighted by atomic mass is 35.5. The molecule has 0 atom stereocenters. The predicted octanol–water partition coefficient (Wildman–Crippen LogP) is 1.90. The quantitative estimate of drug-likeness (QED) is 0.725. The van der Waals surface area contributed by atoms with Gasteiger partial charge in [0.05, 0.1) is 5.88 Å². The third kappa shape index (κ3) is 3.64. The number of alkyl halides is 1. The Bertz CT molecular complexity index is 320. The zero-order valence-electron chi connectivity index (χ0n) is 8.83. The van der Waals surface area contributed by atoms with E-state index in [2.05, 4.69) is 4.98 Å². The van der Waals surface area contributed by atoms with Gasteiger partial charge in [-0.15, -0.1) is 11.6 Å². The van der Waals surface area contributed by atoms with Crippen LogP contribution in [-0.4, -0.2) is 37.1 Å². The maximum Gasteiger partial charge on any atom is 0.250 e. The van der Waals surface area contributed by atoms with Crippen LogP contribution < -0.4 is 4.74 Å². The molecule has 0 saturated carbocycles. The number of halogens is 2. The van der Waals surface area contributed by atoms with Crippen LogP contribution in [0.2, 0.25) is 0 Å². The van der Waals surface area contributed by atoms with Crippen LogP contribution in [0.15, 0.2) is 12.3 Å². The zero-order valence-corrected chi connectivity index (χ0v) is 9.59. The fourth-order valence-corrected chi connectivity index (χ4v) is 1.20. The third-order valence-electron chi connectivity index (χ3n) is 1.86. The summed E-state index contributed by atoms with van der Waals surface area (Å²) in [6.45, 7) is 1.12. The Morgan fingerprint density at radius 3 is 2.87 bits per heavy atom. The third-order valence-corrected chi connectivity index (χ3v) is 2.15. The Labute approximate surface area is 93.8 Å².